The molecule has 0 aliphatic heterocycles. The summed E-state index contributed by atoms with van der Waals surface area (Å²) in [6.45, 7) is 1.71. The molecule has 0 heterocycles. The Morgan fingerprint density at radius 3 is 2.06 bits per heavy atom. The summed E-state index contributed by atoms with van der Waals surface area (Å²) in [6, 6.07) is 18.6. The van der Waals surface area contributed by atoms with Gasteiger partial charge in [-0.1, -0.05) is 48.5 Å². The zero-order valence-corrected chi connectivity index (χ0v) is 10.3. The Kier molecular flexibility index (Phi) is 3.44. The van der Waals surface area contributed by atoms with E-state index in [1.807, 2.05) is 60.7 Å². The second kappa shape index (κ2) is 5.02. The van der Waals surface area contributed by atoms with Gasteiger partial charge in [0.2, 0.25) is 5.91 Å². The van der Waals surface area contributed by atoms with Crippen molar-refractivity contribution < 1.29 is 4.79 Å². The molecular formula is C15H16N2O. The van der Waals surface area contributed by atoms with Gasteiger partial charge in [0.1, 0.15) is 5.54 Å². The summed E-state index contributed by atoms with van der Waals surface area (Å²) in [5.74, 6) is -0.222. The van der Waals surface area contributed by atoms with Crippen molar-refractivity contribution in [3.05, 3.63) is 66.2 Å². The van der Waals surface area contributed by atoms with E-state index in [4.69, 9.17) is 5.73 Å². The molecule has 3 heteroatoms. The average Bonchev–Trinajstić information content (AvgIpc) is 2.41. The SMILES string of the molecule is CC(N)(C(=O)Nc1ccccc1)c1ccccc1. The third kappa shape index (κ3) is 2.57. The van der Waals surface area contributed by atoms with Gasteiger partial charge >= 0.3 is 0 Å². The normalized spacial score (nSPS) is 13.7. The molecule has 2 aromatic rings. The molecule has 0 aromatic heterocycles. The third-order valence-corrected chi connectivity index (χ3v) is 2.88. The fraction of sp³-hybridized carbons (Fsp3) is 0.133. The number of rotatable bonds is 3. The third-order valence-electron chi connectivity index (χ3n) is 2.88. The van der Waals surface area contributed by atoms with Crippen molar-refractivity contribution in [2.45, 2.75) is 12.5 Å². The van der Waals surface area contributed by atoms with Gasteiger partial charge in [-0.2, -0.15) is 0 Å². The predicted molar refractivity (Wildman–Crippen MR) is 73.1 cm³/mol. The second-order valence-corrected chi connectivity index (χ2v) is 4.39. The maximum atomic E-state index is 12.2. The van der Waals surface area contributed by atoms with Gasteiger partial charge in [0.15, 0.2) is 0 Å². The predicted octanol–water partition coefficient (Wildman–Crippen LogP) is 2.50. The van der Waals surface area contributed by atoms with Crippen LogP contribution in [0.2, 0.25) is 0 Å². The minimum Gasteiger partial charge on any atom is -0.324 e. The Morgan fingerprint density at radius 2 is 1.50 bits per heavy atom. The Labute approximate surface area is 107 Å². The highest BCUT2D eigenvalue weighted by atomic mass is 16.2. The molecular weight excluding hydrogens is 224 g/mol. The molecule has 3 nitrogen and oxygen atoms in total. The highest BCUT2D eigenvalue weighted by Crippen LogP contribution is 2.19. The highest BCUT2D eigenvalue weighted by molar-refractivity contribution is 5.98. The van der Waals surface area contributed by atoms with Crippen molar-refractivity contribution in [1.29, 1.82) is 0 Å². The first kappa shape index (κ1) is 12.3. The number of nitrogens with two attached hydrogens (primary N) is 1. The van der Waals surface area contributed by atoms with Crippen LogP contribution in [-0.4, -0.2) is 5.91 Å². The molecule has 2 aromatic carbocycles. The van der Waals surface area contributed by atoms with Crippen molar-refractivity contribution in [2.24, 2.45) is 5.73 Å². The number of amides is 1. The van der Waals surface area contributed by atoms with Crippen molar-refractivity contribution in [3.63, 3.8) is 0 Å². The van der Waals surface area contributed by atoms with E-state index in [1.165, 1.54) is 0 Å². The standard InChI is InChI=1S/C15H16N2O/c1-15(16,12-8-4-2-5-9-12)14(18)17-13-10-6-3-7-11-13/h2-11H,16H2,1H3,(H,17,18). The van der Waals surface area contributed by atoms with E-state index in [-0.39, 0.29) is 5.91 Å². The molecule has 0 aliphatic rings. The molecule has 92 valence electrons. The molecule has 0 saturated heterocycles. The Morgan fingerprint density at radius 1 is 1.00 bits per heavy atom. The van der Waals surface area contributed by atoms with Crippen molar-refractivity contribution in [2.75, 3.05) is 5.32 Å². The fourth-order valence-electron chi connectivity index (χ4n) is 1.70. The maximum absolute atomic E-state index is 12.2. The van der Waals surface area contributed by atoms with Crippen LogP contribution in [0.1, 0.15) is 12.5 Å². The van der Waals surface area contributed by atoms with Gasteiger partial charge in [-0.15, -0.1) is 0 Å². The molecule has 0 radical (unpaired) electrons. The van der Waals surface area contributed by atoms with Crippen LogP contribution in [0.5, 0.6) is 0 Å². The quantitative estimate of drug-likeness (QED) is 0.866. The number of nitrogens with one attached hydrogen (secondary N) is 1. The Hall–Kier alpha value is -2.13. The summed E-state index contributed by atoms with van der Waals surface area (Å²) in [7, 11) is 0. The topological polar surface area (TPSA) is 55.1 Å². The zero-order valence-electron chi connectivity index (χ0n) is 10.3. The fourth-order valence-corrected chi connectivity index (χ4v) is 1.70. The highest BCUT2D eigenvalue weighted by Gasteiger charge is 2.30. The van der Waals surface area contributed by atoms with Gasteiger partial charge in [0, 0.05) is 5.69 Å². The van der Waals surface area contributed by atoms with E-state index in [1.54, 1.807) is 6.92 Å². The van der Waals surface area contributed by atoms with E-state index < -0.39 is 5.54 Å². The van der Waals surface area contributed by atoms with E-state index in [9.17, 15) is 4.79 Å². The molecule has 3 N–H and O–H groups in total. The lowest BCUT2D eigenvalue weighted by Gasteiger charge is -2.24. The Balaban J connectivity index is 2.18. The molecule has 2 rings (SSSR count). The molecule has 1 unspecified atom stereocenters. The van der Waals surface area contributed by atoms with Crippen LogP contribution in [0.15, 0.2) is 60.7 Å². The van der Waals surface area contributed by atoms with Gasteiger partial charge in [-0.25, -0.2) is 0 Å². The number of anilines is 1. The molecule has 1 amide bonds. The van der Waals surface area contributed by atoms with Gasteiger partial charge in [0.25, 0.3) is 0 Å². The monoisotopic (exact) mass is 240 g/mol. The number of benzene rings is 2. The minimum atomic E-state index is -1.04. The summed E-state index contributed by atoms with van der Waals surface area (Å²) in [5, 5.41) is 2.82. The number of hydrogen-bond acceptors (Lipinski definition) is 2. The van der Waals surface area contributed by atoms with Gasteiger partial charge < -0.3 is 11.1 Å². The lowest BCUT2D eigenvalue weighted by Crippen LogP contribution is -2.45. The van der Waals surface area contributed by atoms with Gasteiger partial charge in [-0.05, 0) is 24.6 Å². The molecule has 1 atom stereocenters. The van der Waals surface area contributed by atoms with E-state index in [0.717, 1.165) is 11.3 Å². The maximum Gasteiger partial charge on any atom is 0.248 e. The largest absolute Gasteiger partial charge is 0.324 e. The average molecular weight is 240 g/mol. The lowest BCUT2D eigenvalue weighted by atomic mass is 9.92. The van der Waals surface area contributed by atoms with Crippen LogP contribution in [-0.2, 0) is 10.3 Å². The minimum absolute atomic E-state index is 0.222. The van der Waals surface area contributed by atoms with Crippen LogP contribution >= 0.6 is 0 Å². The number of para-hydroxylation sites is 1. The summed E-state index contributed by atoms with van der Waals surface area (Å²) >= 11 is 0. The number of carbonyl (C=O) groups excluding carboxylic acids is 1. The first-order valence-electron chi connectivity index (χ1n) is 5.81. The van der Waals surface area contributed by atoms with Crippen molar-refractivity contribution in [1.82, 2.24) is 0 Å². The molecule has 18 heavy (non-hydrogen) atoms. The molecule has 0 spiro atoms. The lowest BCUT2D eigenvalue weighted by molar-refractivity contribution is -0.120. The van der Waals surface area contributed by atoms with Crippen LogP contribution in [0.4, 0.5) is 5.69 Å². The molecule has 0 saturated carbocycles. The van der Waals surface area contributed by atoms with E-state index >= 15 is 0 Å². The van der Waals surface area contributed by atoms with Gasteiger partial charge in [0.05, 0.1) is 0 Å². The van der Waals surface area contributed by atoms with E-state index in [0.29, 0.717) is 0 Å². The first-order valence-corrected chi connectivity index (χ1v) is 5.81. The van der Waals surface area contributed by atoms with Crippen molar-refractivity contribution in [3.8, 4) is 0 Å². The summed E-state index contributed by atoms with van der Waals surface area (Å²) < 4.78 is 0. The Bertz CT molecular complexity index is 521. The number of carbonyl (C=O) groups is 1. The summed E-state index contributed by atoms with van der Waals surface area (Å²) in [4.78, 5) is 12.2. The van der Waals surface area contributed by atoms with Crippen molar-refractivity contribution >= 4 is 11.6 Å². The zero-order chi connectivity index (χ0) is 13.0. The summed E-state index contributed by atoms with van der Waals surface area (Å²) in [5.41, 5.74) is 6.61. The van der Waals surface area contributed by atoms with Crippen LogP contribution in [0, 0.1) is 0 Å². The molecule has 0 bridgehead atoms. The van der Waals surface area contributed by atoms with Crippen LogP contribution < -0.4 is 11.1 Å². The van der Waals surface area contributed by atoms with E-state index in [2.05, 4.69) is 5.32 Å². The first-order chi connectivity index (χ1) is 8.60. The number of hydrogen-bond donors (Lipinski definition) is 2. The van der Waals surface area contributed by atoms with Crippen LogP contribution in [0.3, 0.4) is 0 Å². The smallest absolute Gasteiger partial charge is 0.248 e. The summed E-state index contributed by atoms with van der Waals surface area (Å²) in [6.07, 6.45) is 0. The molecule has 0 fully saturated rings. The second-order valence-electron chi connectivity index (χ2n) is 4.39. The van der Waals surface area contributed by atoms with Gasteiger partial charge in [-0.3, -0.25) is 4.79 Å². The molecule has 0 aliphatic carbocycles. The van der Waals surface area contributed by atoms with Crippen LogP contribution in [0.25, 0.3) is 0 Å².